The Labute approximate surface area is 166 Å². The lowest BCUT2D eigenvalue weighted by molar-refractivity contribution is 0.102. The van der Waals surface area contributed by atoms with E-state index in [-0.39, 0.29) is 17.0 Å². The van der Waals surface area contributed by atoms with Crippen LogP contribution in [0.25, 0.3) is 22.4 Å². The number of anilines is 1. The summed E-state index contributed by atoms with van der Waals surface area (Å²) in [7, 11) is 0. The lowest BCUT2D eigenvalue weighted by Gasteiger charge is -2.12. The number of ether oxygens (including phenoxy) is 1. The predicted octanol–water partition coefficient (Wildman–Crippen LogP) is 4.99. The topological polar surface area (TPSA) is 77.2 Å². The number of amides is 1. The highest BCUT2D eigenvalue weighted by atomic mass is 19.1. The highest BCUT2D eigenvalue weighted by Gasteiger charge is 2.21. The maximum atomic E-state index is 14.3. The highest BCUT2D eigenvalue weighted by Crippen LogP contribution is 2.30. The largest absolute Gasteiger partial charge is 0.492 e. The monoisotopic (exact) mass is 391 g/mol. The molecule has 0 spiro atoms. The van der Waals surface area contributed by atoms with Gasteiger partial charge in [-0.15, -0.1) is 0 Å². The lowest BCUT2D eigenvalue weighted by atomic mass is 10.0. The molecule has 0 bridgehead atoms. The molecule has 1 N–H and O–H groups in total. The first-order valence-corrected chi connectivity index (χ1v) is 9.13. The van der Waals surface area contributed by atoms with Crippen molar-refractivity contribution in [2.75, 3.05) is 11.9 Å². The number of carbonyl (C=O) groups excluding carboxylic acids is 1. The van der Waals surface area contributed by atoms with E-state index in [0.29, 0.717) is 34.7 Å². The third-order valence-electron chi connectivity index (χ3n) is 4.45. The number of nitrogens with one attached hydrogen (secondary N) is 1. The van der Waals surface area contributed by atoms with Crippen LogP contribution in [-0.4, -0.2) is 22.7 Å². The van der Waals surface area contributed by atoms with E-state index in [2.05, 4.69) is 15.5 Å². The van der Waals surface area contributed by atoms with Crippen LogP contribution in [0.15, 0.2) is 59.1 Å². The molecule has 4 aromatic rings. The molecule has 6 nitrogen and oxygen atoms in total. The van der Waals surface area contributed by atoms with Crippen LogP contribution in [0.1, 0.15) is 23.0 Å². The van der Waals surface area contributed by atoms with Crippen LogP contribution in [0.4, 0.5) is 10.1 Å². The lowest BCUT2D eigenvalue weighted by Crippen LogP contribution is -2.14. The molecule has 0 aliphatic heterocycles. The maximum absolute atomic E-state index is 14.3. The van der Waals surface area contributed by atoms with E-state index in [9.17, 15) is 9.18 Å². The van der Waals surface area contributed by atoms with E-state index in [1.165, 1.54) is 6.07 Å². The SMILES string of the molecule is CCOc1ccccc1NC(=O)c1cc(-c2ccccc2F)nc2onc(C)c12. The Kier molecular flexibility index (Phi) is 4.95. The number of benzene rings is 2. The van der Waals surface area contributed by atoms with Crippen LogP contribution in [0.3, 0.4) is 0 Å². The van der Waals surface area contributed by atoms with Gasteiger partial charge in [0.15, 0.2) is 0 Å². The molecule has 0 saturated heterocycles. The number of hydrogen-bond donors (Lipinski definition) is 1. The zero-order chi connectivity index (χ0) is 20.4. The molecule has 0 fully saturated rings. The molecule has 7 heteroatoms. The Morgan fingerprint density at radius 3 is 2.72 bits per heavy atom. The van der Waals surface area contributed by atoms with Gasteiger partial charge in [-0.1, -0.05) is 29.4 Å². The average molecular weight is 391 g/mol. The molecule has 29 heavy (non-hydrogen) atoms. The van der Waals surface area contributed by atoms with Gasteiger partial charge >= 0.3 is 0 Å². The predicted molar refractivity (Wildman–Crippen MR) is 107 cm³/mol. The second kappa shape index (κ2) is 7.71. The fourth-order valence-electron chi connectivity index (χ4n) is 3.12. The Morgan fingerprint density at radius 2 is 1.93 bits per heavy atom. The summed E-state index contributed by atoms with van der Waals surface area (Å²) in [5, 5.41) is 7.26. The van der Waals surface area contributed by atoms with E-state index < -0.39 is 11.7 Å². The van der Waals surface area contributed by atoms with E-state index in [0.717, 1.165) is 0 Å². The second-order valence-corrected chi connectivity index (χ2v) is 6.37. The van der Waals surface area contributed by atoms with Gasteiger partial charge < -0.3 is 14.6 Å². The van der Waals surface area contributed by atoms with Crippen molar-refractivity contribution >= 4 is 22.7 Å². The summed E-state index contributed by atoms with van der Waals surface area (Å²) < 4.78 is 25.1. The van der Waals surface area contributed by atoms with Crippen LogP contribution in [0, 0.1) is 12.7 Å². The quantitative estimate of drug-likeness (QED) is 0.519. The van der Waals surface area contributed by atoms with E-state index in [1.807, 2.05) is 13.0 Å². The molecule has 2 aromatic carbocycles. The van der Waals surface area contributed by atoms with Crippen LogP contribution in [0.2, 0.25) is 0 Å². The molecule has 0 aliphatic carbocycles. The Hall–Kier alpha value is -3.74. The number of fused-ring (bicyclic) bond motifs is 1. The van der Waals surface area contributed by atoms with Crippen LogP contribution in [0.5, 0.6) is 5.75 Å². The molecule has 146 valence electrons. The molecule has 0 aliphatic rings. The Balaban J connectivity index is 1.81. The number of nitrogens with zero attached hydrogens (tertiary/aromatic N) is 2. The summed E-state index contributed by atoms with van der Waals surface area (Å²) in [6.07, 6.45) is 0. The standard InChI is InChI=1S/C22H18FN3O3/c1-3-28-19-11-7-6-10-17(19)24-21(27)15-12-18(14-8-4-5-9-16(14)23)25-22-20(15)13(2)26-29-22/h4-12H,3H2,1-2H3,(H,24,27). The molecule has 4 rings (SSSR count). The summed E-state index contributed by atoms with van der Waals surface area (Å²) >= 11 is 0. The first kappa shape index (κ1) is 18.6. The van der Waals surface area contributed by atoms with Gasteiger partial charge in [0.1, 0.15) is 11.6 Å². The minimum absolute atomic E-state index is 0.173. The Bertz CT molecular complexity index is 1200. The van der Waals surface area contributed by atoms with Gasteiger partial charge in [-0.05, 0) is 44.2 Å². The van der Waals surface area contributed by atoms with Crippen molar-refractivity contribution in [2.45, 2.75) is 13.8 Å². The minimum atomic E-state index is -0.441. The number of aryl methyl sites for hydroxylation is 1. The van der Waals surface area contributed by atoms with Crippen molar-refractivity contribution in [2.24, 2.45) is 0 Å². The van der Waals surface area contributed by atoms with Gasteiger partial charge in [0.2, 0.25) is 0 Å². The summed E-state index contributed by atoms with van der Waals surface area (Å²) in [5.41, 5.74) is 2.08. The smallest absolute Gasteiger partial charge is 0.259 e. The van der Waals surface area contributed by atoms with Crippen molar-refractivity contribution in [1.29, 1.82) is 0 Å². The molecule has 0 radical (unpaired) electrons. The molecule has 0 unspecified atom stereocenters. The number of halogens is 1. The van der Waals surface area contributed by atoms with Crippen LogP contribution in [-0.2, 0) is 0 Å². The number of rotatable bonds is 5. The van der Waals surface area contributed by atoms with Gasteiger partial charge in [0.25, 0.3) is 11.6 Å². The fraction of sp³-hybridized carbons (Fsp3) is 0.136. The van der Waals surface area contributed by atoms with Crippen LogP contribution < -0.4 is 10.1 Å². The van der Waals surface area contributed by atoms with Gasteiger partial charge in [0, 0.05) is 5.56 Å². The summed E-state index contributed by atoms with van der Waals surface area (Å²) in [6, 6.07) is 14.9. The third kappa shape index (κ3) is 3.54. The van der Waals surface area contributed by atoms with Gasteiger partial charge in [0.05, 0.1) is 34.6 Å². The third-order valence-corrected chi connectivity index (χ3v) is 4.45. The molecule has 0 atom stereocenters. The number of para-hydroxylation sites is 2. The number of hydrogen-bond acceptors (Lipinski definition) is 5. The molecule has 2 aromatic heterocycles. The summed E-state index contributed by atoms with van der Waals surface area (Å²) in [6.45, 7) is 4.06. The van der Waals surface area contributed by atoms with Gasteiger partial charge in [-0.25, -0.2) is 9.37 Å². The zero-order valence-electron chi connectivity index (χ0n) is 15.9. The number of aromatic nitrogens is 2. The number of pyridine rings is 1. The summed E-state index contributed by atoms with van der Waals surface area (Å²) in [5.74, 6) is -0.276. The van der Waals surface area contributed by atoms with E-state index in [4.69, 9.17) is 9.26 Å². The Morgan fingerprint density at radius 1 is 1.17 bits per heavy atom. The van der Waals surface area contributed by atoms with Crippen molar-refractivity contribution in [3.8, 4) is 17.0 Å². The normalized spacial score (nSPS) is 10.9. The number of carbonyl (C=O) groups is 1. The zero-order valence-corrected chi connectivity index (χ0v) is 15.9. The van der Waals surface area contributed by atoms with Crippen molar-refractivity contribution in [1.82, 2.24) is 10.1 Å². The molecule has 0 saturated carbocycles. The first-order valence-electron chi connectivity index (χ1n) is 9.13. The average Bonchev–Trinajstić information content (AvgIpc) is 3.10. The minimum Gasteiger partial charge on any atom is -0.492 e. The van der Waals surface area contributed by atoms with Gasteiger partial charge in [-0.2, -0.15) is 0 Å². The molecular weight excluding hydrogens is 373 g/mol. The van der Waals surface area contributed by atoms with Gasteiger partial charge in [-0.3, -0.25) is 4.79 Å². The first-order chi connectivity index (χ1) is 14.1. The van der Waals surface area contributed by atoms with E-state index in [1.54, 1.807) is 49.4 Å². The van der Waals surface area contributed by atoms with E-state index >= 15 is 0 Å². The van der Waals surface area contributed by atoms with Crippen molar-refractivity contribution in [3.05, 3.63) is 71.7 Å². The molecule has 2 heterocycles. The maximum Gasteiger partial charge on any atom is 0.259 e. The molecule has 1 amide bonds. The second-order valence-electron chi connectivity index (χ2n) is 6.37. The highest BCUT2D eigenvalue weighted by molar-refractivity contribution is 6.13. The van der Waals surface area contributed by atoms with Crippen LogP contribution >= 0.6 is 0 Å². The van der Waals surface area contributed by atoms with Crippen molar-refractivity contribution < 1.29 is 18.4 Å². The summed E-state index contributed by atoms with van der Waals surface area (Å²) in [4.78, 5) is 17.5. The van der Waals surface area contributed by atoms with Crippen molar-refractivity contribution in [3.63, 3.8) is 0 Å². The fourth-order valence-corrected chi connectivity index (χ4v) is 3.12. The molecular formula is C22H18FN3O3.